The molecule has 1 aliphatic rings. The molecule has 2 heterocycles. The predicted octanol–water partition coefficient (Wildman–Crippen LogP) is 1.63. The Morgan fingerprint density at radius 1 is 1.43 bits per heavy atom. The smallest absolute Gasteiger partial charge is 0.227 e. The van der Waals surface area contributed by atoms with Gasteiger partial charge in [0.2, 0.25) is 5.91 Å². The van der Waals surface area contributed by atoms with Crippen LogP contribution in [0.5, 0.6) is 5.75 Å². The highest BCUT2D eigenvalue weighted by molar-refractivity contribution is 7.91. The zero-order chi connectivity index (χ0) is 16.6. The van der Waals surface area contributed by atoms with E-state index >= 15 is 0 Å². The Kier molecular flexibility index (Phi) is 4.06. The van der Waals surface area contributed by atoms with Crippen LogP contribution in [0.4, 0.5) is 0 Å². The fourth-order valence-electron chi connectivity index (χ4n) is 2.90. The van der Waals surface area contributed by atoms with Crippen LogP contribution in [0.2, 0.25) is 0 Å². The summed E-state index contributed by atoms with van der Waals surface area (Å²) >= 11 is 0. The average Bonchev–Trinajstić information content (AvgIpc) is 3.09. The molecule has 2 aromatic rings. The third-order valence-corrected chi connectivity index (χ3v) is 6.10. The van der Waals surface area contributed by atoms with Crippen LogP contribution in [0.1, 0.15) is 12.0 Å². The second-order valence-electron chi connectivity index (χ2n) is 5.86. The van der Waals surface area contributed by atoms with E-state index in [0.29, 0.717) is 17.8 Å². The number of benzene rings is 1. The first kappa shape index (κ1) is 15.9. The Hall–Kier alpha value is -2.02. The van der Waals surface area contributed by atoms with Gasteiger partial charge in [-0.15, -0.1) is 0 Å². The first-order chi connectivity index (χ1) is 10.9. The number of ether oxygens (including phenoxy) is 1. The molecule has 1 fully saturated rings. The summed E-state index contributed by atoms with van der Waals surface area (Å²) in [6.07, 6.45) is 2.27. The molecule has 7 heteroatoms. The number of hydrogen-bond acceptors (Lipinski definition) is 5. The molecule has 3 rings (SSSR count). The van der Waals surface area contributed by atoms with Crippen molar-refractivity contribution < 1.29 is 22.4 Å². The molecule has 1 unspecified atom stereocenters. The zero-order valence-electron chi connectivity index (χ0n) is 13.1. The SMILES string of the molecule is COc1ccc2c(CC(=O)N(C)C3CCS(=O)(=O)C3)coc2c1. The van der Waals surface area contributed by atoms with E-state index < -0.39 is 9.84 Å². The molecule has 1 saturated heterocycles. The van der Waals surface area contributed by atoms with Crippen molar-refractivity contribution in [1.82, 2.24) is 4.90 Å². The standard InChI is InChI=1S/C16H19NO5S/c1-17(12-5-6-23(19,20)10-12)16(18)7-11-9-22-15-8-13(21-2)3-4-14(11)15/h3-4,8-9,12H,5-7,10H2,1-2H3. The molecule has 1 aromatic heterocycles. The Balaban J connectivity index is 1.75. The van der Waals surface area contributed by atoms with Gasteiger partial charge in [0.05, 0.1) is 31.3 Å². The average molecular weight is 337 g/mol. The number of fused-ring (bicyclic) bond motifs is 1. The predicted molar refractivity (Wildman–Crippen MR) is 86.3 cm³/mol. The van der Waals surface area contributed by atoms with Crippen LogP contribution in [0.3, 0.4) is 0 Å². The number of methoxy groups -OCH3 is 1. The summed E-state index contributed by atoms with van der Waals surface area (Å²) in [5.41, 5.74) is 1.46. The third kappa shape index (κ3) is 3.19. The summed E-state index contributed by atoms with van der Waals surface area (Å²) < 4.78 is 33.7. The van der Waals surface area contributed by atoms with E-state index in [0.717, 1.165) is 10.9 Å². The van der Waals surface area contributed by atoms with Crippen LogP contribution in [-0.2, 0) is 21.1 Å². The van der Waals surface area contributed by atoms with Gasteiger partial charge in [-0.25, -0.2) is 8.42 Å². The third-order valence-electron chi connectivity index (χ3n) is 4.35. The Bertz CT molecular complexity index is 839. The molecule has 124 valence electrons. The Morgan fingerprint density at radius 2 is 2.22 bits per heavy atom. The molecule has 0 radical (unpaired) electrons. The van der Waals surface area contributed by atoms with E-state index in [-0.39, 0.29) is 29.9 Å². The van der Waals surface area contributed by atoms with Crippen molar-refractivity contribution in [2.24, 2.45) is 0 Å². The van der Waals surface area contributed by atoms with E-state index in [9.17, 15) is 13.2 Å². The summed E-state index contributed by atoms with van der Waals surface area (Å²) in [7, 11) is 0.244. The van der Waals surface area contributed by atoms with Crippen LogP contribution in [0.15, 0.2) is 28.9 Å². The number of hydrogen-bond donors (Lipinski definition) is 0. The monoisotopic (exact) mass is 337 g/mol. The van der Waals surface area contributed by atoms with Gasteiger partial charge in [-0.05, 0) is 18.6 Å². The molecule has 0 bridgehead atoms. The zero-order valence-corrected chi connectivity index (χ0v) is 13.9. The van der Waals surface area contributed by atoms with Crippen LogP contribution in [0.25, 0.3) is 11.0 Å². The summed E-state index contributed by atoms with van der Waals surface area (Å²) in [6.45, 7) is 0. The van der Waals surface area contributed by atoms with Gasteiger partial charge in [-0.3, -0.25) is 4.79 Å². The van der Waals surface area contributed by atoms with Crippen molar-refractivity contribution in [2.75, 3.05) is 25.7 Å². The van der Waals surface area contributed by atoms with Crippen molar-refractivity contribution in [3.05, 3.63) is 30.0 Å². The Labute approximate surface area is 134 Å². The first-order valence-corrected chi connectivity index (χ1v) is 9.22. The number of furan rings is 1. The van der Waals surface area contributed by atoms with Gasteiger partial charge in [-0.1, -0.05) is 0 Å². The molecular formula is C16H19NO5S. The molecule has 23 heavy (non-hydrogen) atoms. The van der Waals surface area contributed by atoms with Crippen molar-refractivity contribution >= 4 is 26.7 Å². The van der Waals surface area contributed by atoms with E-state index in [1.54, 1.807) is 31.4 Å². The maximum absolute atomic E-state index is 12.4. The van der Waals surface area contributed by atoms with E-state index in [1.165, 1.54) is 0 Å². The highest BCUT2D eigenvalue weighted by atomic mass is 32.2. The maximum atomic E-state index is 12.4. The molecule has 0 N–H and O–H groups in total. The lowest BCUT2D eigenvalue weighted by atomic mass is 10.1. The topological polar surface area (TPSA) is 76.8 Å². The van der Waals surface area contributed by atoms with Crippen LogP contribution in [-0.4, -0.2) is 50.9 Å². The minimum Gasteiger partial charge on any atom is -0.497 e. The fourth-order valence-corrected chi connectivity index (χ4v) is 4.67. The number of amides is 1. The fraction of sp³-hybridized carbons (Fsp3) is 0.438. The van der Waals surface area contributed by atoms with Crippen molar-refractivity contribution in [3.63, 3.8) is 0 Å². The number of carbonyl (C=O) groups excluding carboxylic acids is 1. The van der Waals surface area contributed by atoms with Crippen molar-refractivity contribution in [1.29, 1.82) is 0 Å². The molecule has 1 atom stereocenters. The molecule has 0 spiro atoms. The summed E-state index contributed by atoms with van der Waals surface area (Å²) in [5.74, 6) is 0.797. The van der Waals surface area contributed by atoms with Gasteiger partial charge in [0.15, 0.2) is 9.84 Å². The van der Waals surface area contributed by atoms with E-state index in [1.807, 2.05) is 12.1 Å². The first-order valence-electron chi connectivity index (χ1n) is 7.40. The van der Waals surface area contributed by atoms with Crippen LogP contribution >= 0.6 is 0 Å². The Morgan fingerprint density at radius 3 is 2.87 bits per heavy atom. The number of carbonyl (C=O) groups is 1. The lowest BCUT2D eigenvalue weighted by Crippen LogP contribution is -2.38. The second kappa shape index (κ2) is 5.88. The second-order valence-corrected chi connectivity index (χ2v) is 8.09. The van der Waals surface area contributed by atoms with Gasteiger partial charge >= 0.3 is 0 Å². The van der Waals surface area contributed by atoms with Crippen LogP contribution in [0, 0.1) is 0 Å². The number of rotatable bonds is 4. The lowest BCUT2D eigenvalue weighted by molar-refractivity contribution is -0.130. The molecular weight excluding hydrogens is 318 g/mol. The molecule has 0 aliphatic carbocycles. The quantitative estimate of drug-likeness (QED) is 0.847. The molecule has 6 nitrogen and oxygen atoms in total. The normalized spacial score (nSPS) is 19.8. The van der Waals surface area contributed by atoms with Gasteiger partial charge in [0.1, 0.15) is 11.3 Å². The van der Waals surface area contributed by atoms with Gasteiger partial charge < -0.3 is 14.1 Å². The van der Waals surface area contributed by atoms with E-state index in [4.69, 9.17) is 9.15 Å². The number of sulfone groups is 1. The van der Waals surface area contributed by atoms with Crippen molar-refractivity contribution in [3.8, 4) is 5.75 Å². The number of likely N-dealkylation sites (N-methyl/N-ethyl adjacent to an activating group) is 1. The minimum atomic E-state index is -3.00. The molecule has 1 aromatic carbocycles. The van der Waals surface area contributed by atoms with Crippen molar-refractivity contribution in [2.45, 2.75) is 18.9 Å². The molecule has 0 saturated carbocycles. The highest BCUT2D eigenvalue weighted by Crippen LogP contribution is 2.26. The van der Waals surface area contributed by atoms with Gasteiger partial charge in [-0.2, -0.15) is 0 Å². The summed E-state index contributed by atoms with van der Waals surface area (Å²) in [5, 5.41) is 0.867. The summed E-state index contributed by atoms with van der Waals surface area (Å²) in [6, 6.07) is 5.22. The highest BCUT2D eigenvalue weighted by Gasteiger charge is 2.32. The van der Waals surface area contributed by atoms with E-state index in [2.05, 4.69) is 0 Å². The van der Waals surface area contributed by atoms with Crippen LogP contribution < -0.4 is 4.74 Å². The largest absolute Gasteiger partial charge is 0.497 e. The maximum Gasteiger partial charge on any atom is 0.227 e. The molecule has 1 amide bonds. The van der Waals surface area contributed by atoms with Gasteiger partial charge in [0, 0.05) is 30.1 Å². The lowest BCUT2D eigenvalue weighted by Gasteiger charge is -2.23. The minimum absolute atomic E-state index is 0.0541. The number of nitrogens with zero attached hydrogens (tertiary/aromatic N) is 1. The summed E-state index contributed by atoms with van der Waals surface area (Å²) in [4.78, 5) is 14.0. The van der Waals surface area contributed by atoms with Gasteiger partial charge in [0.25, 0.3) is 0 Å². The molecule has 1 aliphatic heterocycles.